The van der Waals surface area contributed by atoms with Crippen LogP contribution in [0.5, 0.6) is 5.75 Å². The Morgan fingerprint density at radius 2 is 1.45 bits per heavy atom. The lowest BCUT2D eigenvalue weighted by Crippen LogP contribution is -2.24. The van der Waals surface area contributed by atoms with Gasteiger partial charge in [-0.2, -0.15) is 8.78 Å². The molecule has 0 saturated carbocycles. The molecule has 0 N–H and O–H groups in total. The SMILES string of the molecule is CCCc1ccc(-c2ccc(C(F)(F)Oc3cc(F)c(CF)c(F)c3)c(F)c2F)cc1. The number of alkyl halides is 3. The zero-order valence-corrected chi connectivity index (χ0v) is 16.3. The topological polar surface area (TPSA) is 9.23 Å². The van der Waals surface area contributed by atoms with Gasteiger partial charge in [-0.3, -0.25) is 0 Å². The van der Waals surface area contributed by atoms with Crippen molar-refractivity contribution in [2.45, 2.75) is 32.5 Å². The number of hydrogen-bond acceptors (Lipinski definition) is 1. The lowest BCUT2D eigenvalue weighted by atomic mass is 10.00. The lowest BCUT2D eigenvalue weighted by Gasteiger charge is -2.20. The molecule has 3 rings (SSSR count). The van der Waals surface area contributed by atoms with Crippen LogP contribution < -0.4 is 4.74 Å². The number of hydrogen-bond donors (Lipinski definition) is 0. The molecular formula is C23H17F7O. The minimum Gasteiger partial charge on any atom is -0.429 e. The van der Waals surface area contributed by atoms with Crippen LogP contribution in [0.25, 0.3) is 11.1 Å². The van der Waals surface area contributed by atoms with E-state index >= 15 is 0 Å². The fourth-order valence-corrected chi connectivity index (χ4v) is 3.11. The van der Waals surface area contributed by atoms with Crippen molar-refractivity contribution in [1.82, 2.24) is 0 Å². The molecule has 0 radical (unpaired) electrons. The Morgan fingerprint density at radius 3 is 2.00 bits per heavy atom. The van der Waals surface area contributed by atoms with Gasteiger partial charge in [0.2, 0.25) is 0 Å². The molecule has 0 unspecified atom stereocenters. The standard InChI is InChI=1S/C23H17F7O/c1-2-3-13-4-6-14(7-5-13)16-8-9-18(22(28)21(16)27)23(29,30)31-15-10-19(25)17(12-24)20(26)11-15/h4-11H,2-3,12H2,1H3. The fraction of sp³-hybridized carbons (Fsp3) is 0.217. The fourth-order valence-electron chi connectivity index (χ4n) is 3.11. The summed E-state index contributed by atoms with van der Waals surface area (Å²) < 4.78 is 102. The molecule has 1 nitrogen and oxygen atoms in total. The second-order valence-corrected chi connectivity index (χ2v) is 6.85. The van der Waals surface area contributed by atoms with Gasteiger partial charge in [-0.15, -0.1) is 0 Å². The maximum absolute atomic E-state index is 14.6. The number of ether oxygens (including phenoxy) is 1. The first kappa shape index (κ1) is 22.7. The highest BCUT2D eigenvalue weighted by molar-refractivity contribution is 5.65. The van der Waals surface area contributed by atoms with E-state index in [4.69, 9.17) is 0 Å². The van der Waals surface area contributed by atoms with E-state index in [1.165, 1.54) is 0 Å². The average molecular weight is 442 g/mol. The Morgan fingerprint density at radius 1 is 0.839 bits per heavy atom. The van der Waals surface area contributed by atoms with E-state index in [0.29, 0.717) is 18.2 Å². The molecule has 0 aliphatic rings. The molecule has 3 aromatic carbocycles. The van der Waals surface area contributed by atoms with E-state index in [1.54, 1.807) is 24.3 Å². The molecule has 0 atom stereocenters. The van der Waals surface area contributed by atoms with Crippen molar-refractivity contribution in [3.05, 3.63) is 88.5 Å². The van der Waals surface area contributed by atoms with Crippen LogP contribution in [-0.4, -0.2) is 0 Å². The highest BCUT2D eigenvalue weighted by Gasteiger charge is 2.39. The Balaban J connectivity index is 1.93. The van der Waals surface area contributed by atoms with Gasteiger partial charge in [-0.05, 0) is 23.6 Å². The summed E-state index contributed by atoms with van der Waals surface area (Å²) in [6, 6.07) is 8.84. The van der Waals surface area contributed by atoms with Crippen molar-refractivity contribution in [3.63, 3.8) is 0 Å². The van der Waals surface area contributed by atoms with E-state index in [9.17, 15) is 30.7 Å². The molecule has 0 heterocycles. The minimum absolute atomic E-state index is 0.232. The lowest BCUT2D eigenvalue weighted by molar-refractivity contribution is -0.187. The Kier molecular flexibility index (Phi) is 6.57. The molecule has 0 aliphatic carbocycles. The quantitative estimate of drug-likeness (QED) is 0.345. The Labute approximate surface area is 174 Å². The Bertz CT molecular complexity index is 1060. The van der Waals surface area contributed by atoms with Crippen LogP contribution in [0.1, 0.15) is 30.0 Å². The molecule has 0 bridgehead atoms. The van der Waals surface area contributed by atoms with Crippen LogP contribution in [0.3, 0.4) is 0 Å². The predicted molar refractivity (Wildman–Crippen MR) is 101 cm³/mol. The summed E-state index contributed by atoms with van der Waals surface area (Å²) in [7, 11) is 0. The predicted octanol–water partition coefficient (Wildman–Crippen LogP) is 7.46. The largest absolute Gasteiger partial charge is 0.429 e. The third-order valence-electron chi connectivity index (χ3n) is 4.69. The van der Waals surface area contributed by atoms with Gasteiger partial charge < -0.3 is 4.74 Å². The first-order valence-electron chi connectivity index (χ1n) is 9.36. The number of halogens is 7. The van der Waals surface area contributed by atoms with E-state index in [2.05, 4.69) is 4.74 Å². The first-order chi connectivity index (χ1) is 14.7. The van der Waals surface area contributed by atoms with Crippen LogP contribution in [-0.2, 0) is 19.2 Å². The number of rotatable bonds is 7. The van der Waals surface area contributed by atoms with Crippen LogP contribution in [0, 0.1) is 23.3 Å². The van der Waals surface area contributed by atoms with Gasteiger partial charge in [-0.25, -0.2) is 22.0 Å². The molecule has 31 heavy (non-hydrogen) atoms. The zero-order chi connectivity index (χ0) is 22.8. The zero-order valence-electron chi connectivity index (χ0n) is 16.3. The van der Waals surface area contributed by atoms with Crippen LogP contribution in [0.4, 0.5) is 30.7 Å². The molecule has 0 amide bonds. The molecular weight excluding hydrogens is 425 g/mol. The second kappa shape index (κ2) is 8.99. The van der Waals surface area contributed by atoms with Gasteiger partial charge in [0, 0.05) is 17.7 Å². The smallest absolute Gasteiger partial charge is 0.429 e. The van der Waals surface area contributed by atoms with Crippen molar-refractivity contribution in [3.8, 4) is 16.9 Å². The maximum Gasteiger partial charge on any atom is 0.429 e. The van der Waals surface area contributed by atoms with Crippen molar-refractivity contribution < 1.29 is 35.5 Å². The molecule has 0 aliphatic heterocycles. The maximum atomic E-state index is 14.6. The van der Waals surface area contributed by atoms with E-state index in [1.807, 2.05) is 6.92 Å². The van der Waals surface area contributed by atoms with Gasteiger partial charge in [0.05, 0.1) is 5.56 Å². The summed E-state index contributed by atoms with van der Waals surface area (Å²) >= 11 is 0. The third kappa shape index (κ3) is 4.68. The molecule has 3 aromatic rings. The summed E-state index contributed by atoms with van der Waals surface area (Å²) in [5, 5.41) is 0. The van der Waals surface area contributed by atoms with Crippen LogP contribution in [0.15, 0.2) is 48.5 Å². The first-order valence-corrected chi connectivity index (χ1v) is 9.36. The summed E-state index contributed by atoms with van der Waals surface area (Å²) in [6.07, 6.45) is -2.76. The summed E-state index contributed by atoms with van der Waals surface area (Å²) in [4.78, 5) is 0. The normalized spacial score (nSPS) is 11.6. The van der Waals surface area contributed by atoms with Gasteiger partial charge in [0.15, 0.2) is 11.6 Å². The van der Waals surface area contributed by atoms with Gasteiger partial charge in [0.1, 0.15) is 29.6 Å². The minimum atomic E-state index is -4.45. The monoisotopic (exact) mass is 442 g/mol. The molecule has 164 valence electrons. The van der Waals surface area contributed by atoms with E-state index < -0.39 is 52.9 Å². The second-order valence-electron chi connectivity index (χ2n) is 6.85. The molecule has 0 saturated heterocycles. The summed E-state index contributed by atoms with van der Waals surface area (Å²) in [5.41, 5.74) is -1.36. The van der Waals surface area contributed by atoms with Gasteiger partial charge in [0.25, 0.3) is 0 Å². The van der Waals surface area contributed by atoms with Crippen molar-refractivity contribution >= 4 is 0 Å². The van der Waals surface area contributed by atoms with Crippen LogP contribution in [0.2, 0.25) is 0 Å². The molecule has 0 fully saturated rings. The van der Waals surface area contributed by atoms with Gasteiger partial charge in [-0.1, -0.05) is 43.7 Å². The van der Waals surface area contributed by atoms with Crippen molar-refractivity contribution in [2.24, 2.45) is 0 Å². The molecule has 8 heteroatoms. The van der Waals surface area contributed by atoms with E-state index in [-0.39, 0.29) is 11.1 Å². The average Bonchev–Trinajstić information content (AvgIpc) is 2.70. The third-order valence-corrected chi connectivity index (χ3v) is 4.69. The van der Waals surface area contributed by atoms with E-state index in [0.717, 1.165) is 24.5 Å². The van der Waals surface area contributed by atoms with Crippen molar-refractivity contribution in [1.29, 1.82) is 0 Å². The highest BCUT2D eigenvalue weighted by atomic mass is 19.3. The number of aryl methyl sites for hydroxylation is 1. The number of benzene rings is 3. The molecule has 0 spiro atoms. The molecule has 0 aromatic heterocycles. The van der Waals surface area contributed by atoms with Crippen LogP contribution >= 0.6 is 0 Å². The summed E-state index contributed by atoms with van der Waals surface area (Å²) in [6.45, 7) is 0.497. The van der Waals surface area contributed by atoms with Crippen molar-refractivity contribution in [2.75, 3.05) is 0 Å². The van der Waals surface area contributed by atoms with Gasteiger partial charge >= 0.3 is 6.11 Å². The summed E-state index contributed by atoms with van der Waals surface area (Å²) in [5.74, 6) is -7.27. The highest BCUT2D eigenvalue weighted by Crippen LogP contribution is 2.37. The Hall–Kier alpha value is -3.03.